The average Bonchev–Trinajstić information content (AvgIpc) is 3.71. The second kappa shape index (κ2) is 11.8. The first-order chi connectivity index (χ1) is 19.5. The SMILES string of the molecule is O=C1/C(=C/c2cn(-c3ccccc3)nc2-c2cccc(OCc3ccc(F)cc3)c2)SC(=S)N1CC1CCCO1. The highest BCUT2D eigenvalue weighted by Crippen LogP contribution is 2.36. The molecule has 1 aromatic heterocycles. The van der Waals surface area contributed by atoms with E-state index in [1.807, 2.05) is 66.9 Å². The third kappa shape index (κ3) is 5.86. The van der Waals surface area contributed by atoms with Crippen LogP contribution in [-0.2, 0) is 16.1 Å². The van der Waals surface area contributed by atoms with Gasteiger partial charge in [-0.2, -0.15) is 5.10 Å². The van der Waals surface area contributed by atoms with Crippen LogP contribution in [0.4, 0.5) is 4.39 Å². The fraction of sp³-hybridized carbons (Fsp3) is 0.194. The van der Waals surface area contributed by atoms with Crippen LogP contribution in [0.3, 0.4) is 0 Å². The van der Waals surface area contributed by atoms with Crippen molar-refractivity contribution in [1.29, 1.82) is 0 Å². The molecule has 1 atom stereocenters. The van der Waals surface area contributed by atoms with E-state index in [1.54, 1.807) is 21.7 Å². The summed E-state index contributed by atoms with van der Waals surface area (Å²) in [5, 5.41) is 4.90. The summed E-state index contributed by atoms with van der Waals surface area (Å²) < 4.78 is 27.3. The van der Waals surface area contributed by atoms with Crippen molar-refractivity contribution in [3.8, 4) is 22.7 Å². The monoisotopic (exact) mass is 571 g/mol. The molecule has 0 N–H and O–H groups in total. The number of nitrogens with zero attached hydrogens (tertiary/aromatic N) is 3. The van der Waals surface area contributed by atoms with Crippen molar-refractivity contribution in [2.24, 2.45) is 0 Å². The first-order valence-electron chi connectivity index (χ1n) is 13.0. The normalized spacial score (nSPS) is 18.2. The van der Waals surface area contributed by atoms with Gasteiger partial charge >= 0.3 is 0 Å². The largest absolute Gasteiger partial charge is 0.489 e. The summed E-state index contributed by atoms with van der Waals surface area (Å²) >= 11 is 6.86. The number of amides is 1. The minimum Gasteiger partial charge on any atom is -0.489 e. The molecule has 40 heavy (non-hydrogen) atoms. The lowest BCUT2D eigenvalue weighted by molar-refractivity contribution is -0.123. The molecule has 1 amide bonds. The highest BCUT2D eigenvalue weighted by atomic mass is 32.2. The first kappa shape index (κ1) is 26.4. The molecule has 1 unspecified atom stereocenters. The van der Waals surface area contributed by atoms with Gasteiger partial charge in [0.25, 0.3) is 5.91 Å². The number of thiocarbonyl (C=S) groups is 1. The van der Waals surface area contributed by atoms with Crippen molar-refractivity contribution >= 4 is 40.3 Å². The number of ether oxygens (including phenoxy) is 2. The minimum atomic E-state index is -0.281. The van der Waals surface area contributed by atoms with Crippen LogP contribution < -0.4 is 4.74 Å². The number of hydrogen-bond acceptors (Lipinski definition) is 6. The molecule has 0 bridgehead atoms. The molecule has 6 rings (SSSR count). The number of para-hydroxylation sites is 1. The van der Waals surface area contributed by atoms with Gasteiger partial charge in [-0.15, -0.1) is 0 Å². The van der Waals surface area contributed by atoms with Crippen LogP contribution >= 0.6 is 24.0 Å². The smallest absolute Gasteiger partial charge is 0.266 e. The van der Waals surface area contributed by atoms with Crippen molar-refractivity contribution in [2.75, 3.05) is 13.2 Å². The molecule has 2 aliphatic heterocycles. The molecule has 0 aliphatic carbocycles. The molecular formula is C31H26FN3O3S2. The number of carbonyl (C=O) groups is 1. The van der Waals surface area contributed by atoms with Gasteiger partial charge in [-0.1, -0.05) is 66.4 Å². The molecule has 3 aromatic carbocycles. The van der Waals surface area contributed by atoms with Crippen molar-refractivity contribution in [3.63, 3.8) is 0 Å². The van der Waals surface area contributed by atoms with Crippen LogP contribution in [0.5, 0.6) is 5.75 Å². The zero-order chi connectivity index (χ0) is 27.5. The summed E-state index contributed by atoms with van der Waals surface area (Å²) in [6.07, 6.45) is 5.75. The number of aromatic nitrogens is 2. The summed E-state index contributed by atoms with van der Waals surface area (Å²) in [7, 11) is 0. The van der Waals surface area contributed by atoms with E-state index in [-0.39, 0.29) is 17.8 Å². The van der Waals surface area contributed by atoms with Gasteiger partial charge in [0.1, 0.15) is 28.2 Å². The number of carbonyl (C=O) groups excluding carboxylic acids is 1. The second-order valence-electron chi connectivity index (χ2n) is 9.58. The van der Waals surface area contributed by atoms with Gasteiger partial charge < -0.3 is 9.47 Å². The van der Waals surface area contributed by atoms with E-state index in [0.717, 1.165) is 41.8 Å². The molecule has 3 heterocycles. The summed E-state index contributed by atoms with van der Waals surface area (Å²) in [5.41, 5.74) is 4.11. The second-order valence-corrected chi connectivity index (χ2v) is 11.3. The Hall–Kier alpha value is -3.79. The Morgan fingerprint density at radius 1 is 1.10 bits per heavy atom. The number of rotatable bonds is 8. The van der Waals surface area contributed by atoms with Gasteiger partial charge in [0, 0.05) is 23.9 Å². The minimum absolute atomic E-state index is 0.0240. The molecular weight excluding hydrogens is 545 g/mol. The Morgan fingerprint density at radius 3 is 2.70 bits per heavy atom. The molecule has 2 fully saturated rings. The fourth-order valence-corrected chi connectivity index (χ4v) is 5.97. The predicted octanol–water partition coefficient (Wildman–Crippen LogP) is 6.64. The Labute approximate surface area is 241 Å². The van der Waals surface area contributed by atoms with E-state index in [9.17, 15) is 9.18 Å². The maximum Gasteiger partial charge on any atom is 0.266 e. The van der Waals surface area contributed by atoms with Gasteiger partial charge in [0.15, 0.2) is 0 Å². The van der Waals surface area contributed by atoms with Crippen LogP contribution in [0.25, 0.3) is 23.0 Å². The summed E-state index contributed by atoms with van der Waals surface area (Å²) in [6, 6.07) is 23.7. The first-order valence-corrected chi connectivity index (χ1v) is 14.3. The Bertz CT molecular complexity index is 1560. The average molecular weight is 572 g/mol. The van der Waals surface area contributed by atoms with Gasteiger partial charge in [0.05, 0.1) is 23.2 Å². The highest BCUT2D eigenvalue weighted by Gasteiger charge is 2.35. The Morgan fingerprint density at radius 2 is 1.93 bits per heavy atom. The standard InChI is InChI=1S/C31H26FN3O3S2/c32-24-13-11-21(12-14-24)20-38-26-9-4-6-22(16-26)29-23(18-35(33-29)25-7-2-1-3-8-25)17-28-30(36)34(31(39)40-28)19-27-10-5-15-37-27/h1-4,6-9,11-14,16-18,27H,5,10,15,19-20H2/b28-17-. The quantitative estimate of drug-likeness (QED) is 0.175. The topological polar surface area (TPSA) is 56.6 Å². The molecule has 2 saturated heterocycles. The van der Waals surface area contributed by atoms with E-state index in [1.165, 1.54) is 23.9 Å². The molecule has 0 saturated carbocycles. The Kier molecular flexibility index (Phi) is 7.77. The van der Waals surface area contributed by atoms with Crippen molar-refractivity contribution in [3.05, 3.63) is 107 Å². The lowest BCUT2D eigenvalue weighted by atomic mass is 10.1. The van der Waals surface area contributed by atoms with Gasteiger partial charge in [0.2, 0.25) is 0 Å². The molecule has 6 nitrogen and oxygen atoms in total. The van der Waals surface area contributed by atoms with Crippen LogP contribution in [0, 0.1) is 5.82 Å². The van der Waals surface area contributed by atoms with Crippen LogP contribution in [0.1, 0.15) is 24.0 Å². The molecule has 4 aromatic rings. The summed E-state index contributed by atoms with van der Waals surface area (Å²) in [4.78, 5) is 15.6. The molecule has 0 spiro atoms. The van der Waals surface area contributed by atoms with Crippen molar-refractivity contribution in [2.45, 2.75) is 25.6 Å². The molecule has 202 valence electrons. The number of thioether (sulfide) groups is 1. The summed E-state index contributed by atoms with van der Waals surface area (Å²) in [5.74, 6) is 0.265. The van der Waals surface area contributed by atoms with Gasteiger partial charge in [-0.05, 0) is 60.9 Å². The number of hydrogen-bond donors (Lipinski definition) is 0. The number of halogens is 1. The third-order valence-electron chi connectivity index (χ3n) is 6.76. The van der Waals surface area contributed by atoms with Crippen LogP contribution in [-0.4, -0.2) is 44.2 Å². The third-order valence-corrected chi connectivity index (χ3v) is 8.14. The van der Waals surface area contributed by atoms with Crippen LogP contribution in [0.2, 0.25) is 0 Å². The molecule has 9 heteroatoms. The molecule has 2 aliphatic rings. The molecule has 0 radical (unpaired) electrons. The van der Waals surface area contributed by atoms with E-state index >= 15 is 0 Å². The van der Waals surface area contributed by atoms with Crippen molar-refractivity contribution < 1.29 is 18.7 Å². The van der Waals surface area contributed by atoms with E-state index in [0.29, 0.717) is 33.8 Å². The maximum atomic E-state index is 13.4. The van der Waals surface area contributed by atoms with Gasteiger partial charge in [-0.3, -0.25) is 9.69 Å². The van der Waals surface area contributed by atoms with Crippen molar-refractivity contribution in [1.82, 2.24) is 14.7 Å². The van der Waals surface area contributed by atoms with E-state index in [4.69, 9.17) is 26.8 Å². The lowest BCUT2D eigenvalue weighted by Gasteiger charge is -2.18. The zero-order valence-electron chi connectivity index (χ0n) is 21.5. The van der Waals surface area contributed by atoms with E-state index in [2.05, 4.69) is 0 Å². The predicted molar refractivity (Wildman–Crippen MR) is 159 cm³/mol. The fourth-order valence-electron chi connectivity index (χ4n) is 4.70. The van der Waals surface area contributed by atoms with E-state index < -0.39 is 0 Å². The van der Waals surface area contributed by atoms with Crippen LogP contribution in [0.15, 0.2) is 90.0 Å². The Balaban J connectivity index is 1.31. The summed E-state index contributed by atoms with van der Waals surface area (Å²) in [6.45, 7) is 1.51. The highest BCUT2D eigenvalue weighted by molar-refractivity contribution is 8.26. The number of benzene rings is 3. The van der Waals surface area contributed by atoms with Gasteiger partial charge in [-0.25, -0.2) is 9.07 Å². The maximum absolute atomic E-state index is 13.4. The zero-order valence-corrected chi connectivity index (χ0v) is 23.2. The lowest BCUT2D eigenvalue weighted by Crippen LogP contribution is -2.35.